The van der Waals surface area contributed by atoms with E-state index in [0.717, 1.165) is 50.2 Å². The van der Waals surface area contributed by atoms with Gasteiger partial charge in [-0.15, -0.1) is 0 Å². The van der Waals surface area contributed by atoms with Crippen LogP contribution in [0.5, 0.6) is 11.6 Å². The van der Waals surface area contributed by atoms with E-state index in [1.165, 1.54) is 6.20 Å². The first-order valence-electron chi connectivity index (χ1n) is 10.7. The molecular formula is C23H27N3O4S. The van der Waals surface area contributed by atoms with Crippen molar-refractivity contribution in [2.24, 2.45) is 5.92 Å². The van der Waals surface area contributed by atoms with Crippen LogP contribution in [-0.2, 0) is 9.84 Å². The molecule has 1 N–H and O–H groups in total. The summed E-state index contributed by atoms with van der Waals surface area (Å²) in [5, 5.41) is 4.08. The first kappa shape index (κ1) is 21.5. The highest BCUT2D eigenvalue weighted by Crippen LogP contribution is 2.35. The van der Waals surface area contributed by atoms with Gasteiger partial charge in [0.1, 0.15) is 17.1 Å². The van der Waals surface area contributed by atoms with Crippen molar-refractivity contribution in [3.8, 4) is 11.6 Å². The Morgan fingerprint density at radius 3 is 2.52 bits per heavy atom. The molecular weight excluding hydrogens is 414 g/mol. The second-order valence-electron chi connectivity index (χ2n) is 8.34. The van der Waals surface area contributed by atoms with Crippen molar-refractivity contribution in [2.45, 2.75) is 50.5 Å². The molecule has 1 aromatic carbocycles. The van der Waals surface area contributed by atoms with Gasteiger partial charge in [-0.25, -0.2) is 13.4 Å². The maximum Gasteiger partial charge on any atom is 0.258 e. The highest BCUT2D eigenvalue weighted by molar-refractivity contribution is 7.93. The van der Waals surface area contributed by atoms with Gasteiger partial charge in [-0.2, -0.15) is 4.98 Å². The van der Waals surface area contributed by atoms with Crippen molar-refractivity contribution in [1.29, 1.82) is 0 Å². The van der Waals surface area contributed by atoms with Gasteiger partial charge < -0.3 is 10.1 Å². The Hall–Kier alpha value is -2.74. The topological polar surface area (TPSA) is 98.2 Å². The minimum atomic E-state index is -3.27. The molecule has 7 nitrogen and oxygen atoms in total. The van der Waals surface area contributed by atoms with E-state index >= 15 is 0 Å². The number of amides is 1. The van der Waals surface area contributed by atoms with Crippen molar-refractivity contribution in [3.63, 3.8) is 0 Å². The first-order chi connectivity index (χ1) is 14.9. The molecule has 0 bridgehead atoms. The molecule has 2 fully saturated rings. The lowest BCUT2D eigenvalue weighted by molar-refractivity contribution is 0.0937. The van der Waals surface area contributed by atoms with Crippen LogP contribution in [0, 0.1) is 5.92 Å². The molecule has 0 saturated heterocycles. The number of nitrogens with zero attached hydrogens (tertiary/aromatic N) is 2. The summed E-state index contributed by atoms with van der Waals surface area (Å²) < 4.78 is 29.0. The SMILES string of the molecule is CS(=O)(=O)C=CC(NC(=O)c1cnc(C2CCCC2)nc1Oc1ccccc1)C1CC1. The van der Waals surface area contributed by atoms with E-state index in [0.29, 0.717) is 11.6 Å². The van der Waals surface area contributed by atoms with Crippen molar-refractivity contribution >= 4 is 15.7 Å². The molecule has 0 radical (unpaired) electrons. The third kappa shape index (κ3) is 5.91. The Balaban J connectivity index is 1.60. The fourth-order valence-corrected chi connectivity index (χ4v) is 4.28. The van der Waals surface area contributed by atoms with E-state index in [1.54, 1.807) is 18.2 Å². The zero-order valence-electron chi connectivity index (χ0n) is 17.5. The van der Waals surface area contributed by atoms with Crippen molar-refractivity contribution in [1.82, 2.24) is 15.3 Å². The summed E-state index contributed by atoms with van der Waals surface area (Å²) in [7, 11) is -3.27. The van der Waals surface area contributed by atoms with Crippen LogP contribution >= 0.6 is 0 Å². The van der Waals surface area contributed by atoms with Crippen LogP contribution in [0.1, 0.15) is 60.6 Å². The van der Waals surface area contributed by atoms with E-state index in [-0.39, 0.29) is 35.2 Å². The summed E-state index contributed by atoms with van der Waals surface area (Å²) >= 11 is 0. The molecule has 2 saturated carbocycles. The van der Waals surface area contributed by atoms with Crippen molar-refractivity contribution in [3.05, 3.63) is 59.4 Å². The van der Waals surface area contributed by atoms with Gasteiger partial charge in [-0.1, -0.05) is 37.1 Å². The second kappa shape index (κ2) is 9.18. The van der Waals surface area contributed by atoms with E-state index in [4.69, 9.17) is 4.74 Å². The van der Waals surface area contributed by atoms with Crippen LogP contribution in [0.15, 0.2) is 48.0 Å². The molecule has 1 amide bonds. The molecule has 8 heteroatoms. The number of rotatable bonds is 8. The van der Waals surface area contributed by atoms with Crippen molar-refractivity contribution in [2.75, 3.05) is 6.26 Å². The molecule has 31 heavy (non-hydrogen) atoms. The van der Waals surface area contributed by atoms with Crippen LogP contribution in [-0.4, -0.2) is 36.6 Å². The lowest BCUT2D eigenvalue weighted by Gasteiger charge is -2.17. The number of hydrogen-bond donors (Lipinski definition) is 1. The van der Waals surface area contributed by atoms with Gasteiger partial charge in [0, 0.05) is 23.8 Å². The highest BCUT2D eigenvalue weighted by atomic mass is 32.2. The molecule has 2 aliphatic carbocycles. The largest absolute Gasteiger partial charge is 0.438 e. The Bertz CT molecular complexity index is 1060. The normalized spacial score (nSPS) is 18.2. The molecule has 0 spiro atoms. The molecule has 1 aromatic heterocycles. The van der Waals surface area contributed by atoms with Crippen molar-refractivity contribution < 1.29 is 17.9 Å². The van der Waals surface area contributed by atoms with Crippen LogP contribution < -0.4 is 10.1 Å². The molecule has 164 valence electrons. The predicted molar refractivity (Wildman–Crippen MR) is 118 cm³/mol. The molecule has 2 aliphatic rings. The highest BCUT2D eigenvalue weighted by Gasteiger charge is 2.32. The summed E-state index contributed by atoms with van der Waals surface area (Å²) in [6, 6.07) is 8.85. The Morgan fingerprint density at radius 1 is 1.16 bits per heavy atom. The third-order valence-electron chi connectivity index (χ3n) is 5.66. The minimum absolute atomic E-state index is 0.224. The standard InChI is InChI=1S/C23H27N3O4S/c1-31(28,29)14-13-20(16-11-12-16)25-22(27)19-15-24-21(17-7-5-6-8-17)26-23(19)30-18-9-3-2-4-10-18/h2-4,9-10,13-17,20H,5-8,11-12H2,1H3,(H,25,27). The Morgan fingerprint density at radius 2 is 1.87 bits per heavy atom. The van der Waals surface area contributed by atoms with Gasteiger partial charge in [-0.05, 0) is 43.7 Å². The summed E-state index contributed by atoms with van der Waals surface area (Å²) in [5.41, 5.74) is 0.240. The van der Waals surface area contributed by atoms with E-state index in [9.17, 15) is 13.2 Å². The molecule has 4 rings (SSSR count). The number of para-hydroxylation sites is 1. The molecule has 0 aliphatic heterocycles. The van der Waals surface area contributed by atoms with Crippen LogP contribution in [0.4, 0.5) is 0 Å². The quantitative estimate of drug-likeness (QED) is 0.665. The predicted octanol–water partition coefficient (Wildman–Crippen LogP) is 3.99. The molecule has 2 aromatic rings. The van der Waals surface area contributed by atoms with E-state index in [2.05, 4.69) is 15.3 Å². The minimum Gasteiger partial charge on any atom is -0.438 e. The smallest absolute Gasteiger partial charge is 0.258 e. The maximum atomic E-state index is 13.1. The van der Waals surface area contributed by atoms with Gasteiger partial charge in [0.15, 0.2) is 9.84 Å². The lowest BCUT2D eigenvalue weighted by atomic mass is 10.1. The Kier molecular flexibility index (Phi) is 6.36. The fraction of sp³-hybridized carbons (Fsp3) is 0.435. The maximum absolute atomic E-state index is 13.1. The average molecular weight is 442 g/mol. The summed E-state index contributed by atoms with van der Waals surface area (Å²) in [6.45, 7) is 0. The van der Waals surface area contributed by atoms with Gasteiger partial charge in [0.25, 0.3) is 5.91 Å². The number of hydrogen-bond acceptors (Lipinski definition) is 6. The van der Waals surface area contributed by atoms with Gasteiger partial charge in [0.2, 0.25) is 5.88 Å². The summed E-state index contributed by atoms with van der Waals surface area (Å²) in [6.07, 6.45) is 10.5. The number of nitrogens with one attached hydrogen (secondary N) is 1. The first-order valence-corrected chi connectivity index (χ1v) is 12.6. The molecule has 1 unspecified atom stereocenters. The van der Waals surface area contributed by atoms with E-state index < -0.39 is 9.84 Å². The number of benzene rings is 1. The zero-order valence-corrected chi connectivity index (χ0v) is 18.3. The monoisotopic (exact) mass is 441 g/mol. The fourth-order valence-electron chi connectivity index (χ4n) is 3.83. The number of carbonyl (C=O) groups is 1. The Labute approximate surface area is 182 Å². The number of carbonyl (C=O) groups excluding carboxylic acids is 1. The number of ether oxygens (including phenoxy) is 1. The molecule has 1 atom stereocenters. The summed E-state index contributed by atoms with van der Waals surface area (Å²) in [5.74, 6) is 1.66. The number of aromatic nitrogens is 2. The lowest BCUT2D eigenvalue weighted by Crippen LogP contribution is -2.35. The zero-order chi connectivity index (χ0) is 21.8. The van der Waals surface area contributed by atoms with E-state index in [1.807, 2.05) is 18.2 Å². The summed E-state index contributed by atoms with van der Waals surface area (Å²) in [4.78, 5) is 22.2. The van der Waals surface area contributed by atoms with Gasteiger partial charge in [0.05, 0.1) is 6.04 Å². The van der Waals surface area contributed by atoms with Gasteiger partial charge >= 0.3 is 0 Å². The van der Waals surface area contributed by atoms with Gasteiger partial charge in [-0.3, -0.25) is 4.79 Å². The van der Waals surface area contributed by atoms with Crippen LogP contribution in [0.25, 0.3) is 0 Å². The second-order valence-corrected chi connectivity index (χ2v) is 10.3. The van der Waals surface area contributed by atoms with Crippen LogP contribution in [0.3, 0.4) is 0 Å². The third-order valence-corrected chi connectivity index (χ3v) is 6.31. The molecule has 1 heterocycles. The number of sulfone groups is 1. The average Bonchev–Trinajstić information content (AvgIpc) is 3.44. The van der Waals surface area contributed by atoms with Crippen LogP contribution in [0.2, 0.25) is 0 Å².